The Morgan fingerprint density at radius 2 is 1.57 bits per heavy atom. The minimum absolute atomic E-state index is 0.347. The molecule has 0 atom stereocenters. The van der Waals surface area contributed by atoms with Gasteiger partial charge in [-0.2, -0.15) is 0 Å². The van der Waals surface area contributed by atoms with Crippen molar-refractivity contribution >= 4 is 11.6 Å². The summed E-state index contributed by atoms with van der Waals surface area (Å²) in [6, 6.07) is 7.94. The molecule has 0 N–H and O–H groups in total. The van der Waals surface area contributed by atoms with E-state index >= 15 is 0 Å². The number of hydrogen-bond acceptors (Lipinski definition) is 4. The number of rotatable bonds is 12. The SMILES string of the molecule is [N-]=[N+]=NCCOCCOCCOCc1ccccc1CCl. The van der Waals surface area contributed by atoms with Crippen LogP contribution in [-0.4, -0.2) is 39.6 Å². The Kier molecular flexibility index (Phi) is 10.5. The topological polar surface area (TPSA) is 76.5 Å². The van der Waals surface area contributed by atoms with Gasteiger partial charge in [0.1, 0.15) is 0 Å². The van der Waals surface area contributed by atoms with Gasteiger partial charge in [-0.25, -0.2) is 0 Å². The first-order chi connectivity index (χ1) is 10.4. The van der Waals surface area contributed by atoms with Gasteiger partial charge in [-0.15, -0.1) is 11.6 Å². The average molecular weight is 314 g/mol. The Balaban J connectivity index is 1.96. The minimum atomic E-state index is 0.347. The van der Waals surface area contributed by atoms with Gasteiger partial charge in [-0.1, -0.05) is 29.4 Å². The summed E-state index contributed by atoms with van der Waals surface area (Å²) in [4.78, 5) is 2.63. The molecule has 0 aliphatic rings. The molecule has 0 bridgehead atoms. The molecule has 0 spiro atoms. The first-order valence-corrected chi connectivity index (χ1v) is 7.28. The smallest absolute Gasteiger partial charge is 0.0721 e. The highest BCUT2D eigenvalue weighted by Gasteiger charge is 2.00. The van der Waals surface area contributed by atoms with Crippen molar-refractivity contribution in [1.82, 2.24) is 0 Å². The van der Waals surface area contributed by atoms with Crippen LogP contribution in [0, 0.1) is 0 Å². The Hall–Kier alpha value is -1.30. The van der Waals surface area contributed by atoms with Crippen LogP contribution in [0.1, 0.15) is 11.1 Å². The fourth-order valence-corrected chi connectivity index (χ4v) is 1.86. The van der Waals surface area contributed by atoms with E-state index in [9.17, 15) is 0 Å². The first kappa shape index (κ1) is 17.8. The lowest BCUT2D eigenvalue weighted by Gasteiger charge is -2.08. The van der Waals surface area contributed by atoms with Gasteiger partial charge in [0.15, 0.2) is 0 Å². The summed E-state index contributed by atoms with van der Waals surface area (Å²) in [6.45, 7) is 3.32. The highest BCUT2D eigenvalue weighted by atomic mass is 35.5. The summed E-state index contributed by atoms with van der Waals surface area (Å²) in [5, 5.41) is 3.36. The van der Waals surface area contributed by atoms with Crippen molar-refractivity contribution in [2.45, 2.75) is 12.5 Å². The molecule has 21 heavy (non-hydrogen) atoms. The van der Waals surface area contributed by atoms with Gasteiger partial charge < -0.3 is 14.2 Å². The van der Waals surface area contributed by atoms with Gasteiger partial charge in [0, 0.05) is 17.3 Å². The lowest BCUT2D eigenvalue weighted by Crippen LogP contribution is -2.10. The van der Waals surface area contributed by atoms with Crippen molar-refractivity contribution in [3.63, 3.8) is 0 Å². The second-order valence-electron chi connectivity index (χ2n) is 4.13. The van der Waals surface area contributed by atoms with Gasteiger partial charge in [0.05, 0.1) is 39.6 Å². The molecule has 0 radical (unpaired) electrons. The summed E-state index contributed by atoms with van der Waals surface area (Å²) < 4.78 is 16.1. The largest absolute Gasteiger partial charge is 0.379 e. The van der Waals surface area contributed by atoms with Crippen LogP contribution < -0.4 is 0 Å². The molecule has 0 aromatic heterocycles. The third kappa shape index (κ3) is 8.55. The standard InChI is InChI=1S/C14H20ClN3O3/c15-11-13-3-1-2-4-14(13)12-21-10-9-20-8-7-19-6-5-17-18-16/h1-4H,5-12H2. The zero-order valence-corrected chi connectivity index (χ0v) is 12.7. The summed E-state index contributed by atoms with van der Waals surface area (Å²) in [5.74, 6) is 0.489. The van der Waals surface area contributed by atoms with Gasteiger partial charge in [0.2, 0.25) is 0 Å². The van der Waals surface area contributed by atoms with Crippen LogP contribution >= 0.6 is 11.6 Å². The molecular weight excluding hydrogens is 294 g/mol. The molecule has 6 nitrogen and oxygen atoms in total. The molecule has 0 saturated carbocycles. The number of hydrogen-bond donors (Lipinski definition) is 0. The van der Waals surface area contributed by atoms with E-state index in [4.69, 9.17) is 31.3 Å². The second-order valence-corrected chi connectivity index (χ2v) is 4.40. The summed E-state index contributed by atoms with van der Waals surface area (Å²) in [5.41, 5.74) is 10.3. The third-order valence-corrected chi connectivity index (χ3v) is 2.95. The molecule has 0 aliphatic heterocycles. The number of alkyl halides is 1. The molecule has 0 heterocycles. The summed E-state index contributed by atoms with van der Waals surface area (Å²) in [6.07, 6.45) is 0. The van der Waals surface area contributed by atoms with E-state index in [1.165, 1.54) is 0 Å². The maximum absolute atomic E-state index is 8.06. The van der Waals surface area contributed by atoms with Gasteiger partial charge in [-0.3, -0.25) is 0 Å². The molecule has 116 valence electrons. The molecule has 0 saturated heterocycles. The van der Waals surface area contributed by atoms with Crippen molar-refractivity contribution in [2.75, 3.05) is 39.6 Å². The van der Waals surface area contributed by atoms with Crippen LogP contribution in [0.15, 0.2) is 29.4 Å². The fourth-order valence-electron chi connectivity index (χ4n) is 1.60. The van der Waals surface area contributed by atoms with Crippen molar-refractivity contribution in [2.24, 2.45) is 5.11 Å². The average Bonchev–Trinajstić information content (AvgIpc) is 2.53. The number of benzene rings is 1. The van der Waals surface area contributed by atoms with Crippen molar-refractivity contribution in [3.8, 4) is 0 Å². The molecule has 1 aromatic carbocycles. The van der Waals surface area contributed by atoms with Crippen LogP contribution in [0.4, 0.5) is 0 Å². The highest BCUT2D eigenvalue weighted by molar-refractivity contribution is 6.17. The normalized spacial score (nSPS) is 10.3. The Morgan fingerprint density at radius 3 is 2.24 bits per heavy atom. The zero-order valence-electron chi connectivity index (χ0n) is 11.9. The quantitative estimate of drug-likeness (QED) is 0.195. The van der Waals surface area contributed by atoms with E-state index in [1.54, 1.807) is 0 Å². The second kappa shape index (κ2) is 12.4. The van der Waals surface area contributed by atoms with E-state index < -0.39 is 0 Å². The molecule has 0 unspecified atom stereocenters. The van der Waals surface area contributed by atoms with E-state index in [1.807, 2.05) is 24.3 Å². The molecule has 7 heteroatoms. The zero-order chi connectivity index (χ0) is 15.2. The van der Waals surface area contributed by atoms with Crippen molar-refractivity contribution in [3.05, 3.63) is 45.8 Å². The monoisotopic (exact) mass is 313 g/mol. The molecular formula is C14H20ClN3O3. The molecule has 0 amide bonds. The Morgan fingerprint density at radius 1 is 0.952 bits per heavy atom. The van der Waals surface area contributed by atoms with Crippen molar-refractivity contribution in [1.29, 1.82) is 0 Å². The summed E-state index contributed by atoms with van der Waals surface area (Å²) >= 11 is 5.85. The fraction of sp³-hybridized carbons (Fsp3) is 0.571. The van der Waals surface area contributed by atoms with Crippen molar-refractivity contribution < 1.29 is 14.2 Å². The summed E-state index contributed by atoms with van der Waals surface area (Å²) in [7, 11) is 0. The first-order valence-electron chi connectivity index (χ1n) is 6.75. The predicted molar refractivity (Wildman–Crippen MR) is 81.3 cm³/mol. The highest BCUT2D eigenvalue weighted by Crippen LogP contribution is 2.12. The van der Waals surface area contributed by atoms with E-state index in [0.29, 0.717) is 52.1 Å². The molecule has 0 aliphatic carbocycles. The molecule has 1 aromatic rings. The van der Waals surface area contributed by atoms with Crippen LogP contribution in [0.5, 0.6) is 0 Å². The van der Waals surface area contributed by atoms with Crippen LogP contribution in [0.3, 0.4) is 0 Å². The lowest BCUT2D eigenvalue weighted by atomic mass is 10.1. The molecule has 0 fully saturated rings. The van der Waals surface area contributed by atoms with E-state index in [2.05, 4.69) is 10.0 Å². The van der Waals surface area contributed by atoms with Crippen LogP contribution in [0.2, 0.25) is 0 Å². The number of halogens is 1. The number of azide groups is 1. The predicted octanol–water partition coefficient (Wildman–Crippen LogP) is 3.29. The Labute approximate surface area is 129 Å². The molecule has 1 rings (SSSR count). The Bertz CT molecular complexity index is 439. The number of nitrogens with zero attached hydrogens (tertiary/aromatic N) is 3. The van der Waals surface area contributed by atoms with E-state index in [-0.39, 0.29) is 0 Å². The van der Waals surface area contributed by atoms with Gasteiger partial charge in [0.25, 0.3) is 0 Å². The van der Waals surface area contributed by atoms with Gasteiger partial charge in [-0.05, 0) is 16.7 Å². The van der Waals surface area contributed by atoms with Crippen LogP contribution in [0.25, 0.3) is 10.4 Å². The van der Waals surface area contributed by atoms with E-state index in [0.717, 1.165) is 11.1 Å². The maximum atomic E-state index is 8.06. The minimum Gasteiger partial charge on any atom is -0.379 e. The maximum Gasteiger partial charge on any atom is 0.0721 e. The lowest BCUT2D eigenvalue weighted by molar-refractivity contribution is 0.0119. The van der Waals surface area contributed by atoms with Gasteiger partial charge >= 0.3 is 0 Å². The third-order valence-electron chi connectivity index (χ3n) is 2.66. The van der Waals surface area contributed by atoms with Crippen LogP contribution in [-0.2, 0) is 26.7 Å². The number of ether oxygens (including phenoxy) is 3.